The first kappa shape index (κ1) is 14.3. The molecule has 0 aliphatic rings. The zero-order valence-electron chi connectivity index (χ0n) is 12.5. The van der Waals surface area contributed by atoms with Gasteiger partial charge in [0.05, 0.1) is 12.7 Å². The predicted octanol–water partition coefficient (Wildman–Crippen LogP) is 2.83. The van der Waals surface area contributed by atoms with Crippen LogP contribution in [0, 0.1) is 0 Å². The van der Waals surface area contributed by atoms with Crippen LogP contribution in [-0.4, -0.2) is 23.4 Å². The average molecular weight is 273 g/mol. The van der Waals surface area contributed by atoms with Gasteiger partial charge in [-0.25, -0.2) is 4.79 Å². The van der Waals surface area contributed by atoms with Gasteiger partial charge in [0.2, 0.25) is 0 Å². The first-order chi connectivity index (χ1) is 9.25. The molecule has 2 aromatic rings. The van der Waals surface area contributed by atoms with Gasteiger partial charge in [0.15, 0.2) is 0 Å². The highest BCUT2D eigenvalue weighted by molar-refractivity contribution is 6.43. The van der Waals surface area contributed by atoms with Crippen LogP contribution < -0.4 is 0 Å². The summed E-state index contributed by atoms with van der Waals surface area (Å²) in [6.45, 7) is 6.33. The van der Waals surface area contributed by atoms with Crippen LogP contribution in [0.15, 0.2) is 24.4 Å². The summed E-state index contributed by atoms with van der Waals surface area (Å²) >= 11 is 0. The number of aryl methyl sites for hydroxylation is 1. The van der Waals surface area contributed by atoms with Crippen LogP contribution in [0.25, 0.3) is 10.9 Å². The predicted molar refractivity (Wildman–Crippen MR) is 78.0 cm³/mol. The summed E-state index contributed by atoms with van der Waals surface area (Å²) in [5.74, 6) is -1.44. The topological polar surface area (TPSA) is 48.3 Å². The van der Waals surface area contributed by atoms with Gasteiger partial charge in [-0.2, -0.15) is 0 Å². The third kappa shape index (κ3) is 2.33. The summed E-state index contributed by atoms with van der Waals surface area (Å²) in [6.07, 6.45) is 1.68. The molecule has 0 radical (unpaired) electrons. The number of benzene rings is 1. The van der Waals surface area contributed by atoms with Crippen molar-refractivity contribution in [2.24, 2.45) is 7.05 Å². The first-order valence-corrected chi connectivity index (χ1v) is 6.48. The molecule has 0 atom stereocenters. The average Bonchev–Trinajstić information content (AvgIpc) is 2.73. The number of rotatable bonds is 2. The van der Waals surface area contributed by atoms with E-state index in [1.165, 1.54) is 7.11 Å². The minimum atomic E-state index is -0.835. The molecule has 4 heteroatoms. The molecule has 1 aromatic carbocycles. The number of aromatic nitrogens is 1. The molecule has 1 heterocycles. The fourth-order valence-corrected chi connectivity index (χ4v) is 2.24. The van der Waals surface area contributed by atoms with E-state index in [1.807, 2.05) is 23.7 Å². The van der Waals surface area contributed by atoms with E-state index in [0.29, 0.717) is 5.56 Å². The van der Waals surface area contributed by atoms with Crippen molar-refractivity contribution >= 4 is 22.7 Å². The normalized spacial score (nSPS) is 11.7. The van der Waals surface area contributed by atoms with Crippen LogP contribution in [0.3, 0.4) is 0 Å². The number of methoxy groups -OCH3 is 1. The van der Waals surface area contributed by atoms with Crippen molar-refractivity contribution in [3.05, 3.63) is 35.5 Å². The minimum absolute atomic E-state index is 0.0182. The second-order valence-corrected chi connectivity index (χ2v) is 5.96. The summed E-state index contributed by atoms with van der Waals surface area (Å²) in [5, 5.41) is 0.787. The van der Waals surface area contributed by atoms with Crippen LogP contribution in [0.1, 0.15) is 36.7 Å². The third-order valence-corrected chi connectivity index (χ3v) is 3.47. The summed E-state index contributed by atoms with van der Waals surface area (Å²) in [5.41, 5.74) is 2.41. The molecule has 106 valence electrons. The van der Waals surface area contributed by atoms with Crippen molar-refractivity contribution < 1.29 is 14.3 Å². The molecule has 0 bridgehead atoms. The summed E-state index contributed by atoms with van der Waals surface area (Å²) in [6, 6.07) is 6.00. The van der Waals surface area contributed by atoms with Crippen molar-refractivity contribution in [2.75, 3.05) is 7.11 Å². The van der Waals surface area contributed by atoms with Gasteiger partial charge in [0.25, 0.3) is 5.78 Å². The fourth-order valence-electron chi connectivity index (χ4n) is 2.24. The Hall–Kier alpha value is -2.10. The maximum absolute atomic E-state index is 12.1. The van der Waals surface area contributed by atoms with Crippen LogP contribution in [0.5, 0.6) is 0 Å². The van der Waals surface area contributed by atoms with Gasteiger partial charge in [-0.05, 0) is 23.1 Å². The van der Waals surface area contributed by atoms with Crippen molar-refractivity contribution in [1.82, 2.24) is 4.57 Å². The zero-order valence-corrected chi connectivity index (χ0v) is 12.5. The molecule has 0 aliphatic heterocycles. The molecule has 0 saturated carbocycles. The highest BCUT2D eigenvalue weighted by Gasteiger charge is 2.23. The van der Waals surface area contributed by atoms with Gasteiger partial charge in [-0.1, -0.05) is 26.8 Å². The Bertz CT molecular complexity index is 690. The maximum Gasteiger partial charge on any atom is 0.379 e. The zero-order chi connectivity index (χ0) is 15.1. The lowest BCUT2D eigenvalue weighted by atomic mass is 9.86. The summed E-state index contributed by atoms with van der Waals surface area (Å²) in [7, 11) is 3.07. The van der Waals surface area contributed by atoms with Crippen LogP contribution in [0.2, 0.25) is 0 Å². The standard InChI is InChI=1S/C16H19NO3/c1-16(2,3)10-6-7-13-11(8-10)12(9-17(13)4)14(18)15(19)20-5/h6-9H,1-5H3. The molecule has 0 unspecified atom stereocenters. The number of nitrogens with zero attached hydrogens (tertiary/aromatic N) is 1. The molecule has 2 rings (SSSR count). The third-order valence-electron chi connectivity index (χ3n) is 3.47. The number of ether oxygens (including phenoxy) is 1. The molecule has 0 saturated heterocycles. The Morgan fingerprint density at radius 2 is 1.85 bits per heavy atom. The van der Waals surface area contributed by atoms with Crippen LogP contribution >= 0.6 is 0 Å². The number of fused-ring (bicyclic) bond motifs is 1. The van der Waals surface area contributed by atoms with Gasteiger partial charge in [-0.15, -0.1) is 0 Å². The minimum Gasteiger partial charge on any atom is -0.463 e. The number of carbonyl (C=O) groups is 2. The fraction of sp³-hybridized carbons (Fsp3) is 0.375. The van der Waals surface area contributed by atoms with Crippen molar-refractivity contribution in [1.29, 1.82) is 0 Å². The molecule has 0 spiro atoms. The van der Waals surface area contributed by atoms with E-state index in [-0.39, 0.29) is 5.41 Å². The lowest BCUT2D eigenvalue weighted by Gasteiger charge is -2.19. The molecule has 1 aromatic heterocycles. The lowest BCUT2D eigenvalue weighted by molar-refractivity contribution is -0.135. The lowest BCUT2D eigenvalue weighted by Crippen LogP contribution is -2.15. The summed E-state index contributed by atoms with van der Waals surface area (Å²) in [4.78, 5) is 23.5. The Morgan fingerprint density at radius 3 is 2.40 bits per heavy atom. The Balaban J connectivity index is 2.67. The molecular formula is C16H19NO3. The molecule has 0 N–H and O–H groups in total. The second-order valence-electron chi connectivity index (χ2n) is 5.96. The largest absolute Gasteiger partial charge is 0.463 e. The van der Waals surface area contributed by atoms with Crippen molar-refractivity contribution in [3.63, 3.8) is 0 Å². The van der Waals surface area contributed by atoms with Gasteiger partial charge in [0, 0.05) is 24.1 Å². The summed E-state index contributed by atoms with van der Waals surface area (Å²) < 4.78 is 6.37. The van der Waals surface area contributed by atoms with Gasteiger partial charge < -0.3 is 9.30 Å². The van der Waals surface area contributed by atoms with E-state index in [1.54, 1.807) is 6.20 Å². The van der Waals surface area contributed by atoms with Gasteiger partial charge in [-0.3, -0.25) is 4.79 Å². The molecule has 4 nitrogen and oxygen atoms in total. The van der Waals surface area contributed by atoms with Crippen LogP contribution in [-0.2, 0) is 22.0 Å². The van der Waals surface area contributed by atoms with E-state index < -0.39 is 11.8 Å². The molecule has 0 amide bonds. The second kappa shape index (κ2) is 4.78. The molecule has 0 aliphatic carbocycles. The maximum atomic E-state index is 12.1. The highest BCUT2D eigenvalue weighted by atomic mass is 16.5. The van der Waals surface area contributed by atoms with Crippen molar-refractivity contribution in [2.45, 2.75) is 26.2 Å². The smallest absolute Gasteiger partial charge is 0.379 e. The first-order valence-electron chi connectivity index (χ1n) is 6.48. The van der Waals surface area contributed by atoms with E-state index >= 15 is 0 Å². The number of carbonyl (C=O) groups excluding carboxylic acids is 2. The van der Waals surface area contributed by atoms with Gasteiger partial charge >= 0.3 is 5.97 Å². The Kier molecular flexibility index (Phi) is 3.42. The number of esters is 1. The Labute approximate surface area is 118 Å². The monoisotopic (exact) mass is 273 g/mol. The number of hydrogen-bond donors (Lipinski definition) is 0. The number of Topliss-reactive ketones (excluding diaryl/α,β-unsaturated/α-hetero) is 1. The van der Waals surface area contributed by atoms with E-state index in [4.69, 9.17) is 0 Å². The van der Waals surface area contributed by atoms with Crippen LogP contribution in [0.4, 0.5) is 0 Å². The SMILES string of the molecule is COC(=O)C(=O)c1cn(C)c2ccc(C(C)(C)C)cc12. The van der Waals surface area contributed by atoms with E-state index in [9.17, 15) is 9.59 Å². The molecule has 20 heavy (non-hydrogen) atoms. The number of hydrogen-bond acceptors (Lipinski definition) is 3. The van der Waals surface area contributed by atoms with E-state index in [0.717, 1.165) is 16.5 Å². The van der Waals surface area contributed by atoms with Gasteiger partial charge in [0.1, 0.15) is 0 Å². The number of ketones is 1. The molecular weight excluding hydrogens is 254 g/mol. The van der Waals surface area contributed by atoms with Crippen molar-refractivity contribution in [3.8, 4) is 0 Å². The Morgan fingerprint density at radius 1 is 1.20 bits per heavy atom. The highest BCUT2D eigenvalue weighted by Crippen LogP contribution is 2.29. The quantitative estimate of drug-likeness (QED) is 0.480. The van der Waals surface area contributed by atoms with E-state index in [2.05, 4.69) is 31.6 Å². The molecule has 0 fully saturated rings.